The Morgan fingerprint density at radius 2 is 0.830 bits per heavy atom. The molecular formula is C102H136ClF4N29O5. The summed E-state index contributed by atoms with van der Waals surface area (Å²) in [5, 5.41) is 40.4. The molecule has 0 aliphatic carbocycles. The minimum Gasteiger partial charge on any atom is -0.444 e. The number of ether oxygens (including phenoxy) is 2. The van der Waals surface area contributed by atoms with Crippen molar-refractivity contribution in [3.05, 3.63) is 232 Å². The summed E-state index contributed by atoms with van der Waals surface area (Å²) in [5.74, 6) is 3.07. The number of halogens is 5. The number of aromatic amines is 2. The first-order valence-electron chi connectivity index (χ1n) is 48.5. The van der Waals surface area contributed by atoms with Crippen molar-refractivity contribution in [2.75, 3.05) is 115 Å². The number of aromatic nitrogens is 20. The smallest absolute Gasteiger partial charge is 0.410 e. The molecule has 12 aromatic rings. The number of Topliss-reactive ketones (excluding diaryl/α,β-unsaturated/α-hetero) is 1. The highest BCUT2D eigenvalue weighted by molar-refractivity contribution is 6.28. The maximum absolute atomic E-state index is 13.3. The molecule has 12 aromatic heterocycles. The van der Waals surface area contributed by atoms with Gasteiger partial charge in [-0.3, -0.25) is 29.7 Å². The first-order valence-corrected chi connectivity index (χ1v) is 48.9. The number of likely N-dealkylation sites (tertiary alicyclic amines) is 5. The van der Waals surface area contributed by atoms with Crippen molar-refractivity contribution < 1.29 is 41.4 Å². The summed E-state index contributed by atoms with van der Waals surface area (Å²) < 4.78 is 68.8. The number of hydrogen-bond donors (Lipinski definition) is 5. The summed E-state index contributed by atoms with van der Waals surface area (Å²) in [4.78, 5) is 84.0. The molecule has 20 heterocycles. The second-order valence-corrected chi connectivity index (χ2v) is 41.1. The summed E-state index contributed by atoms with van der Waals surface area (Å²) in [6, 6.07) is 23.8. The number of hydrogen-bond acceptors (Lipinski definition) is 26. The number of carbonyl (C=O) groups is 3. The first kappa shape index (κ1) is 104. The maximum atomic E-state index is 13.3. The number of piperidine rings is 4. The van der Waals surface area contributed by atoms with Gasteiger partial charge in [-0.1, -0.05) is 25.6 Å². The highest BCUT2D eigenvalue weighted by Crippen LogP contribution is 2.47. The molecule has 754 valence electrons. The Balaban J connectivity index is 0.000000139. The van der Waals surface area contributed by atoms with Gasteiger partial charge in [-0.15, -0.1) is 0 Å². The lowest BCUT2D eigenvalue weighted by molar-refractivity contribution is 0.00999. The van der Waals surface area contributed by atoms with Crippen LogP contribution in [-0.2, 0) is 15.9 Å². The molecule has 141 heavy (non-hydrogen) atoms. The summed E-state index contributed by atoms with van der Waals surface area (Å²) in [6.45, 7) is 43.7. The molecule has 2 amide bonds. The van der Waals surface area contributed by atoms with E-state index in [0.29, 0.717) is 57.5 Å². The van der Waals surface area contributed by atoms with E-state index >= 15 is 0 Å². The van der Waals surface area contributed by atoms with E-state index in [1.54, 1.807) is 12.1 Å². The molecule has 0 radical (unpaired) electrons. The Bertz CT molecular complexity index is 6050. The van der Waals surface area contributed by atoms with E-state index in [9.17, 15) is 31.9 Å². The van der Waals surface area contributed by atoms with Gasteiger partial charge in [-0.05, 0) is 306 Å². The van der Waals surface area contributed by atoms with Gasteiger partial charge in [0.15, 0.2) is 58.1 Å². The van der Waals surface area contributed by atoms with E-state index < -0.39 is 11.4 Å². The number of H-pyrrole nitrogens is 2. The van der Waals surface area contributed by atoms with Crippen molar-refractivity contribution in [3.8, 4) is 23.3 Å². The lowest BCUT2D eigenvalue weighted by Crippen LogP contribution is -2.46. The topological polar surface area (TPSA) is 357 Å². The van der Waals surface area contributed by atoms with Crippen LogP contribution in [0.2, 0.25) is 5.28 Å². The van der Waals surface area contributed by atoms with Crippen LogP contribution < -0.4 is 20.9 Å². The van der Waals surface area contributed by atoms with Crippen LogP contribution in [0.25, 0.3) is 23.3 Å². The Hall–Kier alpha value is -12.4. The van der Waals surface area contributed by atoms with Crippen LogP contribution in [0.1, 0.15) is 233 Å². The molecule has 4 spiro atoms. The third-order valence-corrected chi connectivity index (χ3v) is 28.1. The average Bonchev–Trinajstić information content (AvgIpc) is 1.65. The van der Waals surface area contributed by atoms with Crippen molar-refractivity contribution >= 4 is 47.2 Å². The molecule has 0 saturated carbocycles. The van der Waals surface area contributed by atoms with E-state index in [0.717, 1.165) is 212 Å². The van der Waals surface area contributed by atoms with E-state index in [4.69, 9.17) is 31.0 Å². The third-order valence-electron chi connectivity index (χ3n) is 28.0. The zero-order chi connectivity index (χ0) is 99.3. The lowest BCUT2D eigenvalue weighted by atomic mass is 9.78. The van der Waals surface area contributed by atoms with E-state index in [2.05, 4.69) is 139 Å². The number of amides is 2. The molecule has 5 N–H and O–H groups in total. The van der Waals surface area contributed by atoms with Gasteiger partial charge in [0, 0.05) is 155 Å². The summed E-state index contributed by atoms with van der Waals surface area (Å²) in [7, 11) is 0. The SMILES string of the molecule is C.CC(=O)c1ccc(-n2cc(F)cn2)nc1.CC(C)(C)OC(=O)N1CCC2(CCNC2)CC1.CC(c1ccc(-n2cc(F)cn2)nc1)N1CCC2(CCN(C(=O)OC(C)(C)C)CC2)C1.CC(c1ccc(-n2cc(F)cn2)nc1)N1CCC2(CCNCC2)C1.Cc1cc(Cc2cc(C)[nH]n2)nc(Cl)n1.Cc1cc(Nc2cc(C)[nH]n2)nc(N2CCC3(CC2)CCN(C(C)c2ccc(-n4cc(F)cn4)nc2)C3)n1. The predicted octanol–water partition coefficient (Wildman–Crippen LogP) is 17.4. The summed E-state index contributed by atoms with van der Waals surface area (Å²) >= 11 is 5.77. The van der Waals surface area contributed by atoms with Crippen LogP contribution >= 0.6 is 11.6 Å². The first-order chi connectivity index (χ1) is 66.8. The van der Waals surface area contributed by atoms with Crippen molar-refractivity contribution in [2.45, 2.75) is 217 Å². The molecule has 0 aromatic carbocycles. The van der Waals surface area contributed by atoms with Gasteiger partial charge in [0.2, 0.25) is 11.2 Å². The van der Waals surface area contributed by atoms with Crippen molar-refractivity contribution in [1.82, 2.24) is 135 Å². The third kappa shape index (κ3) is 28.1. The number of rotatable bonds is 16. The fourth-order valence-electron chi connectivity index (χ4n) is 19.7. The largest absolute Gasteiger partial charge is 0.444 e. The molecule has 3 atom stereocenters. The van der Waals surface area contributed by atoms with Gasteiger partial charge in [-0.25, -0.2) is 80.8 Å². The van der Waals surface area contributed by atoms with Crippen molar-refractivity contribution in [1.29, 1.82) is 0 Å². The Morgan fingerprint density at radius 1 is 0.440 bits per heavy atom. The highest BCUT2D eigenvalue weighted by atomic mass is 35.5. The molecule has 20 rings (SSSR count). The maximum Gasteiger partial charge on any atom is 0.410 e. The zero-order valence-corrected chi connectivity index (χ0v) is 83.5. The molecule has 34 nitrogen and oxygen atoms in total. The van der Waals surface area contributed by atoms with Crippen molar-refractivity contribution in [3.63, 3.8) is 0 Å². The van der Waals surface area contributed by atoms with Gasteiger partial charge in [0.25, 0.3) is 0 Å². The quantitative estimate of drug-likeness (QED) is 0.0341. The Labute approximate surface area is 827 Å². The van der Waals surface area contributed by atoms with Gasteiger partial charge in [0.1, 0.15) is 17.0 Å². The van der Waals surface area contributed by atoms with Gasteiger partial charge in [0.05, 0.1) is 61.0 Å². The molecule has 39 heteroatoms. The zero-order valence-electron chi connectivity index (χ0n) is 82.8. The minimum atomic E-state index is -0.457. The van der Waals surface area contributed by atoms with Crippen LogP contribution in [0.4, 0.5) is 44.7 Å². The van der Waals surface area contributed by atoms with Crippen LogP contribution in [-0.4, -0.2) is 258 Å². The molecule has 8 fully saturated rings. The molecule has 0 bridgehead atoms. The van der Waals surface area contributed by atoms with Crippen LogP contribution in [0.15, 0.2) is 147 Å². The number of carbonyl (C=O) groups excluding carboxylic acids is 3. The fourth-order valence-corrected chi connectivity index (χ4v) is 19.9. The summed E-state index contributed by atoms with van der Waals surface area (Å²) in [6.07, 6.45) is 31.2. The molecule has 8 saturated heterocycles. The van der Waals surface area contributed by atoms with Crippen LogP contribution in [0.5, 0.6) is 0 Å². The number of anilines is 3. The van der Waals surface area contributed by atoms with E-state index in [-0.39, 0.29) is 71.2 Å². The average molecular weight is 1960 g/mol. The summed E-state index contributed by atoms with van der Waals surface area (Å²) in [5.41, 5.74) is 10.4. The normalized spacial score (nSPS) is 18.2. The van der Waals surface area contributed by atoms with Gasteiger partial charge < -0.3 is 40.1 Å². The number of nitrogens with one attached hydrogen (secondary N) is 5. The number of nitrogens with zero attached hydrogens (tertiary/aromatic N) is 24. The van der Waals surface area contributed by atoms with Crippen molar-refractivity contribution in [2.24, 2.45) is 21.7 Å². The standard InChI is InChI=1S/C27H33FN10.C23H32FN5O2.C18H24FN5.C13H24N2O2.C10H11ClN4.C10H8FN3O.CH4/c1-18-12-23(32-24-13-19(2)34-35-24)33-26(31-18)36-9-6-27(7-10-36)8-11-37(17-27)20(3)21-4-5-25(29-14-21)38-16-22(28)15-30-38;1-17(18-5-6-20(25-13-18)29-15-19(24)14-26-29)28-12-9-23(16-28)7-10-27(11-8-23)21(30)31-22(2,3)4;1-14(23-9-6-18(13-23)4-7-20-8-5-18)15-2-3-17(21-10-15)24-12-16(19)11-22-24;1-12(2,3)17-11(16)15-8-5-13(6-9-15)4-7-14-10-13;1-6-3-8(13-10(11)12-6)5-9-4-7(2)14-15-9;1-7(15)8-2-3-10(12-4-8)14-6-9(11)5-13-14;/h4-5,12-16,20H,6-11,17H2,1-3H3,(H2,31,32,33,34,35);5-6,13-15,17H,7-12,16H2,1-4H3;2-3,10-12,14,20H,4-9,13H2,1H3;14H,4-10H2,1-3H3;3-4H,5H2,1-2H3,(H,14,15);2-6H,1H3;1H4. The monoisotopic (exact) mass is 1960 g/mol. The van der Waals surface area contributed by atoms with E-state index in [1.807, 2.05) is 146 Å². The van der Waals surface area contributed by atoms with Gasteiger partial charge >= 0.3 is 12.2 Å². The highest BCUT2D eigenvalue weighted by Gasteiger charge is 2.46. The molecule has 8 aliphatic rings. The molecular weight excluding hydrogens is 1820 g/mol. The van der Waals surface area contributed by atoms with E-state index in [1.165, 1.54) is 119 Å². The number of ketones is 1. The molecule has 8 aliphatic heterocycles. The fraction of sp³-hybridized carbons (Fsp3) is 0.520. The second-order valence-electron chi connectivity index (χ2n) is 40.8. The number of pyridine rings is 4. The Morgan fingerprint density at radius 3 is 1.19 bits per heavy atom. The molecule has 3 unspecified atom stereocenters. The van der Waals surface area contributed by atoms with Crippen LogP contribution in [0, 0.1) is 72.6 Å². The van der Waals surface area contributed by atoms with Gasteiger partial charge in [-0.2, -0.15) is 35.6 Å². The lowest BCUT2D eigenvalue weighted by Gasteiger charge is -2.40. The Kier molecular flexibility index (Phi) is 33.9. The second kappa shape index (κ2) is 45.7. The minimum absolute atomic E-state index is 0. The number of aryl methyl sites for hydroxylation is 4. The van der Waals surface area contributed by atoms with Crippen LogP contribution in [0.3, 0.4) is 0 Å². The predicted molar refractivity (Wildman–Crippen MR) is 532 cm³/mol.